The summed E-state index contributed by atoms with van der Waals surface area (Å²) in [6, 6.07) is -0.0567. The Balaban J connectivity index is 2.66. The summed E-state index contributed by atoms with van der Waals surface area (Å²) in [6.45, 7) is 1.88. The summed E-state index contributed by atoms with van der Waals surface area (Å²) in [5.41, 5.74) is 1.09. The molecule has 0 saturated heterocycles. The molecule has 64 valence electrons. The summed E-state index contributed by atoms with van der Waals surface area (Å²) in [7, 11) is 0. The summed E-state index contributed by atoms with van der Waals surface area (Å²) < 4.78 is 0. The third kappa shape index (κ3) is 2.43. The molecule has 1 unspecified atom stereocenters. The Labute approximate surface area is 80.2 Å². The van der Waals surface area contributed by atoms with Crippen molar-refractivity contribution in [3.05, 3.63) is 23.8 Å². The first kappa shape index (κ1) is 9.43. The lowest BCUT2D eigenvalue weighted by Gasteiger charge is -2.12. The zero-order valence-electron chi connectivity index (χ0n) is 6.83. The minimum atomic E-state index is -0.0567. The molecule has 0 saturated carbocycles. The molecule has 0 spiro atoms. The number of hydrogen-bond donors (Lipinski definition) is 0. The molecule has 0 aliphatic heterocycles. The highest BCUT2D eigenvalue weighted by Gasteiger charge is 2.09. The SMILES string of the molecule is C[C@H](N=C=O)C1=CCC(Br)C=C1. The minimum Gasteiger partial charge on any atom is -0.211 e. The molecular formula is C9H10BrNO. The molecule has 0 bridgehead atoms. The van der Waals surface area contributed by atoms with Gasteiger partial charge in [-0.05, 0) is 18.9 Å². The predicted octanol–water partition coefficient (Wildman–Crippen LogP) is 2.36. The van der Waals surface area contributed by atoms with Crippen LogP contribution in [-0.4, -0.2) is 16.9 Å². The standard InChI is InChI=1S/C9H10BrNO/c1-7(11-6-12)8-2-4-9(10)5-3-8/h2-4,7,9H,5H2,1H3/t7-,9?/m0/s1. The second-order valence-corrected chi connectivity index (χ2v) is 3.89. The molecule has 2 atom stereocenters. The van der Waals surface area contributed by atoms with Gasteiger partial charge in [0.1, 0.15) is 0 Å². The lowest BCUT2D eigenvalue weighted by molar-refractivity contribution is 0.561. The molecule has 0 aromatic rings. The monoisotopic (exact) mass is 227 g/mol. The summed E-state index contributed by atoms with van der Waals surface area (Å²) in [6.07, 6.45) is 8.67. The quantitative estimate of drug-likeness (QED) is 0.405. The van der Waals surface area contributed by atoms with Crippen molar-refractivity contribution >= 4 is 22.0 Å². The van der Waals surface area contributed by atoms with Gasteiger partial charge in [0.2, 0.25) is 6.08 Å². The van der Waals surface area contributed by atoms with Crippen LogP contribution < -0.4 is 0 Å². The van der Waals surface area contributed by atoms with Gasteiger partial charge in [0.15, 0.2) is 0 Å². The maximum atomic E-state index is 9.97. The van der Waals surface area contributed by atoms with E-state index >= 15 is 0 Å². The molecule has 0 aromatic carbocycles. The highest BCUT2D eigenvalue weighted by molar-refractivity contribution is 9.09. The van der Waals surface area contributed by atoms with Crippen LogP contribution in [-0.2, 0) is 4.79 Å². The van der Waals surface area contributed by atoms with Gasteiger partial charge in [-0.25, -0.2) is 4.79 Å². The van der Waals surface area contributed by atoms with E-state index in [1.807, 2.05) is 13.0 Å². The van der Waals surface area contributed by atoms with Gasteiger partial charge in [0.25, 0.3) is 0 Å². The first-order valence-corrected chi connectivity index (χ1v) is 4.75. The van der Waals surface area contributed by atoms with E-state index in [1.165, 1.54) is 0 Å². The molecule has 0 radical (unpaired) electrons. The molecule has 0 amide bonds. The number of allylic oxidation sites excluding steroid dienone is 2. The Morgan fingerprint density at radius 3 is 3.08 bits per heavy atom. The molecule has 2 nitrogen and oxygen atoms in total. The zero-order valence-corrected chi connectivity index (χ0v) is 8.41. The fourth-order valence-electron chi connectivity index (χ4n) is 1.07. The number of rotatable bonds is 2. The maximum absolute atomic E-state index is 9.97. The lowest BCUT2D eigenvalue weighted by atomic mass is 10.0. The first-order chi connectivity index (χ1) is 5.74. The summed E-state index contributed by atoms with van der Waals surface area (Å²) in [5, 5.41) is 0. The van der Waals surface area contributed by atoms with Crippen LogP contribution in [0.4, 0.5) is 0 Å². The molecule has 1 aliphatic carbocycles. The van der Waals surface area contributed by atoms with Gasteiger partial charge in [0.05, 0.1) is 6.04 Å². The van der Waals surface area contributed by atoms with Gasteiger partial charge in [0, 0.05) is 4.83 Å². The molecular weight excluding hydrogens is 218 g/mol. The van der Waals surface area contributed by atoms with E-state index in [0.29, 0.717) is 4.83 Å². The molecule has 1 aliphatic rings. The van der Waals surface area contributed by atoms with Crippen molar-refractivity contribution in [2.75, 3.05) is 0 Å². The minimum absolute atomic E-state index is 0.0567. The van der Waals surface area contributed by atoms with Crippen molar-refractivity contribution in [3.8, 4) is 0 Å². The van der Waals surface area contributed by atoms with E-state index in [1.54, 1.807) is 6.08 Å². The van der Waals surface area contributed by atoms with Crippen LogP contribution in [0.2, 0.25) is 0 Å². The van der Waals surface area contributed by atoms with Gasteiger partial charge >= 0.3 is 0 Å². The largest absolute Gasteiger partial charge is 0.235 e. The number of halogens is 1. The maximum Gasteiger partial charge on any atom is 0.235 e. The number of aliphatic imine (C=N–C) groups is 1. The van der Waals surface area contributed by atoms with E-state index in [2.05, 4.69) is 33.1 Å². The average Bonchev–Trinajstić information content (AvgIpc) is 2.06. The van der Waals surface area contributed by atoms with Crippen molar-refractivity contribution in [2.24, 2.45) is 4.99 Å². The molecule has 0 heterocycles. The molecule has 0 N–H and O–H groups in total. The van der Waals surface area contributed by atoms with E-state index in [-0.39, 0.29) is 6.04 Å². The Bertz CT molecular complexity index is 264. The topological polar surface area (TPSA) is 29.4 Å². The van der Waals surface area contributed by atoms with Crippen LogP contribution >= 0.6 is 15.9 Å². The van der Waals surface area contributed by atoms with E-state index in [9.17, 15) is 4.79 Å². The van der Waals surface area contributed by atoms with Gasteiger partial charge in [-0.3, -0.25) is 0 Å². The van der Waals surface area contributed by atoms with Crippen LogP contribution in [0, 0.1) is 0 Å². The fourth-order valence-corrected chi connectivity index (χ4v) is 1.41. The highest BCUT2D eigenvalue weighted by Crippen LogP contribution is 2.19. The summed E-state index contributed by atoms with van der Waals surface area (Å²) in [5.74, 6) is 0. The second-order valence-electron chi connectivity index (χ2n) is 2.71. The number of nitrogens with zero attached hydrogens (tertiary/aromatic N) is 1. The van der Waals surface area contributed by atoms with Gasteiger partial charge in [-0.2, -0.15) is 4.99 Å². The Morgan fingerprint density at radius 1 is 1.83 bits per heavy atom. The normalized spacial score (nSPS) is 24.2. The molecule has 0 aromatic heterocycles. The van der Waals surface area contributed by atoms with Gasteiger partial charge in [-0.1, -0.05) is 34.2 Å². The number of alkyl halides is 1. The smallest absolute Gasteiger partial charge is 0.211 e. The molecule has 3 heteroatoms. The van der Waals surface area contributed by atoms with Gasteiger partial charge < -0.3 is 0 Å². The number of carbonyl (C=O) groups excluding carboxylic acids is 1. The summed E-state index contributed by atoms with van der Waals surface area (Å²) >= 11 is 3.46. The van der Waals surface area contributed by atoms with Crippen molar-refractivity contribution < 1.29 is 4.79 Å². The van der Waals surface area contributed by atoms with Crippen LogP contribution in [0.5, 0.6) is 0 Å². The van der Waals surface area contributed by atoms with Crippen molar-refractivity contribution in [2.45, 2.75) is 24.2 Å². The predicted molar refractivity (Wildman–Crippen MR) is 52.1 cm³/mol. The lowest BCUT2D eigenvalue weighted by Crippen LogP contribution is -2.05. The van der Waals surface area contributed by atoms with Crippen LogP contribution in [0.25, 0.3) is 0 Å². The molecule has 0 fully saturated rings. The average molecular weight is 228 g/mol. The van der Waals surface area contributed by atoms with E-state index in [4.69, 9.17) is 0 Å². The Hall–Kier alpha value is -0.660. The number of isocyanates is 1. The second kappa shape index (κ2) is 4.39. The van der Waals surface area contributed by atoms with E-state index < -0.39 is 0 Å². The molecule has 1 rings (SSSR count). The van der Waals surface area contributed by atoms with Crippen LogP contribution in [0.15, 0.2) is 28.8 Å². The Morgan fingerprint density at radius 2 is 2.58 bits per heavy atom. The van der Waals surface area contributed by atoms with Crippen LogP contribution in [0.3, 0.4) is 0 Å². The van der Waals surface area contributed by atoms with Crippen molar-refractivity contribution in [1.82, 2.24) is 0 Å². The van der Waals surface area contributed by atoms with Crippen molar-refractivity contribution in [3.63, 3.8) is 0 Å². The van der Waals surface area contributed by atoms with E-state index in [0.717, 1.165) is 12.0 Å². The molecule has 12 heavy (non-hydrogen) atoms. The van der Waals surface area contributed by atoms with Crippen LogP contribution in [0.1, 0.15) is 13.3 Å². The van der Waals surface area contributed by atoms with Crippen molar-refractivity contribution in [1.29, 1.82) is 0 Å². The first-order valence-electron chi connectivity index (χ1n) is 3.83. The summed E-state index contributed by atoms with van der Waals surface area (Å²) in [4.78, 5) is 14.0. The zero-order chi connectivity index (χ0) is 8.97. The third-order valence-corrected chi connectivity index (χ3v) is 2.48. The fraction of sp³-hybridized carbons (Fsp3) is 0.444. The highest BCUT2D eigenvalue weighted by atomic mass is 79.9. The Kier molecular flexibility index (Phi) is 3.45. The number of hydrogen-bond acceptors (Lipinski definition) is 2. The third-order valence-electron chi connectivity index (χ3n) is 1.80. The van der Waals surface area contributed by atoms with Gasteiger partial charge in [-0.15, -0.1) is 0 Å².